The lowest BCUT2D eigenvalue weighted by Gasteiger charge is -2.03. The molecule has 0 saturated heterocycles. The molecule has 4 nitrogen and oxygen atoms in total. The van der Waals surface area contributed by atoms with E-state index in [9.17, 15) is 0 Å². The SMILES string of the molecule is C#CC(NN)c1cn[nH]c1. The number of nitrogens with zero attached hydrogens (tertiary/aromatic N) is 1. The van der Waals surface area contributed by atoms with Crippen molar-refractivity contribution in [3.8, 4) is 12.3 Å². The number of aromatic amines is 1. The van der Waals surface area contributed by atoms with Crippen molar-refractivity contribution in [2.75, 3.05) is 0 Å². The van der Waals surface area contributed by atoms with Crippen LogP contribution in [0.2, 0.25) is 0 Å². The molecule has 52 valence electrons. The van der Waals surface area contributed by atoms with Crippen molar-refractivity contribution in [1.29, 1.82) is 0 Å². The van der Waals surface area contributed by atoms with Gasteiger partial charge in [-0.3, -0.25) is 10.9 Å². The number of hydrazine groups is 1. The molecular formula is C6H8N4. The highest BCUT2D eigenvalue weighted by atomic mass is 15.2. The van der Waals surface area contributed by atoms with Gasteiger partial charge < -0.3 is 0 Å². The van der Waals surface area contributed by atoms with Crippen molar-refractivity contribution in [1.82, 2.24) is 15.6 Å². The van der Waals surface area contributed by atoms with Gasteiger partial charge in [0.05, 0.1) is 6.20 Å². The first-order chi connectivity index (χ1) is 4.88. The first-order valence-electron chi connectivity index (χ1n) is 2.79. The number of nitrogens with one attached hydrogen (secondary N) is 2. The predicted molar refractivity (Wildman–Crippen MR) is 37.5 cm³/mol. The summed E-state index contributed by atoms with van der Waals surface area (Å²) < 4.78 is 0. The molecule has 0 aliphatic heterocycles. The van der Waals surface area contributed by atoms with Gasteiger partial charge >= 0.3 is 0 Å². The molecule has 0 bridgehead atoms. The fourth-order valence-corrected chi connectivity index (χ4v) is 0.659. The number of hydrogen-bond acceptors (Lipinski definition) is 3. The molecule has 0 radical (unpaired) electrons. The lowest BCUT2D eigenvalue weighted by atomic mass is 10.2. The van der Waals surface area contributed by atoms with Crippen molar-refractivity contribution >= 4 is 0 Å². The summed E-state index contributed by atoms with van der Waals surface area (Å²) in [5.41, 5.74) is 3.32. The Bertz CT molecular complexity index is 220. The van der Waals surface area contributed by atoms with Gasteiger partial charge in [0.25, 0.3) is 0 Å². The molecule has 1 unspecified atom stereocenters. The summed E-state index contributed by atoms with van der Waals surface area (Å²) in [6.45, 7) is 0. The first-order valence-corrected chi connectivity index (χ1v) is 2.79. The van der Waals surface area contributed by atoms with Crippen molar-refractivity contribution in [3.63, 3.8) is 0 Å². The third-order valence-corrected chi connectivity index (χ3v) is 1.19. The molecule has 1 atom stereocenters. The zero-order valence-electron chi connectivity index (χ0n) is 5.33. The number of terminal acetylenes is 1. The number of nitrogens with two attached hydrogens (primary N) is 1. The Hall–Kier alpha value is -1.31. The van der Waals surface area contributed by atoms with Crippen LogP contribution in [-0.2, 0) is 0 Å². The molecule has 1 aromatic heterocycles. The molecule has 0 saturated carbocycles. The van der Waals surface area contributed by atoms with E-state index in [2.05, 4.69) is 21.5 Å². The zero-order chi connectivity index (χ0) is 7.40. The Morgan fingerprint density at radius 1 is 1.90 bits per heavy atom. The largest absolute Gasteiger partial charge is 0.285 e. The molecule has 1 heterocycles. The Kier molecular flexibility index (Phi) is 2.05. The highest BCUT2D eigenvalue weighted by Crippen LogP contribution is 2.06. The Morgan fingerprint density at radius 3 is 3.10 bits per heavy atom. The summed E-state index contributed by atoms with van der Waals surface area (Å²) in [5, 5.41) is 6.36. The van der Waals surface area contributed by atoms with Crippen molar-refractivity contribution < 1.29 is 0 Å². The van der Waals surface area contributed by atoms with Crippen LogP contribution in [0.3, 0.4) is 0 Å². The molecule has 0 aliphatic rings. The van der Waals surface area contributed by atoms with Crippen LogP contribution in [0.15, 0.2) is 12.4 Å². The molecule has 4 N–H and O–H groups in total. The van der Waals surface area contributed by atoms with Gasteiger partial charge in [0.15, 0.2) is 0 Å². The van der Waals surface area contributed by atoms with Crippen molar-refractivity contribution in [3.05, 3.63) is 18.0 Å². The van der Waals surface area contributed by atoms with Gasteiger partial charge in [-0.1, -0.05) is 5.92 Å². The van der Waals surface area contributed by atoms with Crippen LogP contribution in [0.1, 0.15) is 11.6 Å². The van der Waals surface area contributed by atoms with Gasteiger partial charge in [-0.25, -0.2) is 5.43 Å². The minimum atomic E-state index is -0.251. The molecule has 1 aromatic rings. The predicted octanol–water partition coefficient (Wildman–Crippen LogP) is -0.453. The molecule has 0 fully saturated rings. The maximum Gasteiger partial charge on any atom is 0.109 e. The second-order valence-electron chi connectivity index (χ2n) is 1.80. The van der Waals surface area contributed by atoms with Crippen LogP contribution >= 0.6 is 0 Å². The standard InChI is InChI=1S/C6H8N4/c1-2-6(10-7)5-3-8-9-4-5/h1,3-4,6,10H,7H2,(H,8,9). The maximum absolute atomic E-state index is 5.14. The number of aromatic nitrogens is 2. The minimum Gasteiger partial charge on any atom is -0.285 e. The van der Waals surface area contributed by atoms with E-state index in [0.29, 0.717) is 0 Å². The maximum atomic E-state index is 5.14. The fraction of sp³-hybridized carbons (Fsp3) is 0.167. The molecule has 0 amide bonds. The van der Waals surface area contributed by atoms with Crippen molar-refractivity contribution in [2.24, 2.45) is 5.84 Å². The van der Waals surface area contributed by atoms with E-state index in [4.69, 9.17) is 12.3 Å². The first kappa shape index (κ1) is 6.81. The highest BCUT2D eigenvalue weighted by molar-refractivity contribution is 5.18. The van der Waals surface area contributed by atoms with Gasteiger partial charge in [-0.2, -0.15) is 5.10 Å². The Balaban J connectivity index is 2.76. The summed E-state index contributed by atoms with van der Waals surface area (Å²) in [6.07, 6.45) is 8.47. The van der Waals surface area contributed by atoms with Gasteiger partial charge in [0.2, 0.25) is 0 Å². The van der Waals surface area contributed by atoms with Crippen LogP contribution in [0, 0.1) is 12.3 Å². The van der Waals surface area contributed by atoms with Gasteiger partial charge in [-0.05, 0) is 0 Å². The van der Waals surface area contributed by atoms with Crippen LogP contribution < -0.4 is 11.3 Å². The molecule has 0 aliphatic carbocycles. The quantitative estimate of drug-likeness (QED) is 0.293. The van der Waals surface area contributed by atoms with Crippen LogP contribution in [-0.4, -0.2) is 10.2 Å². The molecule has 0 aromatic carbocycles. The third-order valence-electron chi connectivity index (χ3n) is 1.19. The summed E-state index contributed by atoms with van der Waals surface area (Å²) in [7, 11) is 0. The average molecular weight is 136 g/mol. The zero-order valence-corrected chi connectivity index (χ0v) is 5.33. The van der Waals surface area contributed by atoms with E-state index in [-0.39, 0.29) is 6.04 Å². The van der Waals surface area contributed by atoms with Crippen LogP contribution in [0.25, 0.3) is 0 Å². The smallest absolute Gasteiger partial charge is 0.109 e. The van der Waals surface area contributed by atoms with E-state index in [1.54, 1.807) is 12.4 Å². The Labute approximate surface area is 58.8 Å². The van der Waals surface area contributed by atoms with Crippen molar-refractivity contribution in [2.45, 2.75) is 6.04 Å². The summed E-state index contributed by atoms with van der Waals surface area (Å²) in [6, 6.07) is -0.251. The molecule has 4 heteroatoms. The lowest BCUT2D eigenvalue weighted by molar-refractivity contribution is 0.674. The van der Waals surface area contributed by atoms with Crippen LogP contribution in [0.5, 0.6) is 0 Å². The van der Waals surface area contributed by atoms with E-state index >= 15 is 0 Å². The second-order valence-corrected chi connectivity index (χ2v) is 1.80. The molecule has 0 spiro atoms. The van der Waals surface area contributed by atoms with E-state index < -0.39 is 0 Å². The molecule has 1 rings (SSSR count). The van der Waals surface area contributed by atoms with E-state index in [0.717, 1.165) is 5.56 Å². The number of hydrogen-bond donors (Lipinski definition) is 3. The normalized spacial score (nSPS) is 12.4. The Morgan fingerprint density at radius 2 is 2.70 bits per heavy atom. The molecule has 10 heavy (non-hydrogen) atoms. The third kappa shape index (κ3) is 1.16. The number of rotatable bonds is 2. The number of H-pyrrole nitrogens is 1. The fourth-order valence-electron chi connectivity index (χ4n) is 0.659. The van der Waals surface area contributed by atoms with E-state index in [1.807, 2.05) is 0 Å². The monoisotopic (exact) mass is 136 g/mol. The average Bonchev–Trinajstić information content (AvgIpc) is 2.43. The van der Waals surface area contributed by atoms with Gasteiger partial charge in [0, 0.05) is 11.8 Å². The summed E-state index contributed by atoms with van der Waals surface area (Å²) in [4.78, 5) is 0. The van der Waals surface area contributed by atoms with Crippen LogP contribution in [0.4, 0.5) is 0 Å². The molecular weight excluding hydrogens is 128 g/mol. The second kappa shape index (κ2) is 3.01. The van der Waals surface area contributed by atoms with E-state index in [1.165, 1.54) is 0 Å². The lowest BCUT2D eigenvalue weighted by Crippen LogP contribution is -2.26. The topological polar surface area (TPSA) is 66.7 Å². The van der Waals surface area contributed by atoms with Gasteiger partial charge in [0.1, 0.15) is 6.04 Å². The summed E-state index contributed by atoms with van der Waals surface area (Å²) >= 11 is 0. The van der Waals surface area contributed by atoms with Gasteiger partial charge in [-0.15, -0.1) is 6.42 Å². The highest BCUT2D eigenvalue weighted by Gasteiger charge is 2.04. The summed E-state index contributed by atoms with van der Waals surface area (Å²) in [5.74, 6) is 7.60. The minimum absolute atomic E-state index is 0.251.